The molecule has 0 unspecified atom stereocenters. The number of hydrogen-bond acceptors (Lipinski definition) is 4. The van der Waals surface area contributed by atoms with Crippen LogP contribution in [0.4, 0.5) is 0 Å². The van der Waals surface area contributed by atoms with Crippen LogP contribution in [-0.2, 0) is 29.2 Å². The average Bonchev–Trinajstić information content (AvgIpc) is 3.09. The van der Waals surface area contributed by atoms with E-state index in [0.717, 1.165) is 30.8 Å². The third kappa shape index (κ3) is 5.33. The fraction of sp³-hybridized carbons (Fsp3) is 0.375. The predicted molar refractivity (Wildman–Crippen MR) is 115 cm³/mol. The minimum absolute atomic E-state index is 0.134. The van der Waals surface area contributed by atoms with E-state index in [4.69, 9.17) is 0 Å². The van der Waals surface area contributed by atoms with E-state index >= 15 is 0 Å². The smallest absolute Gasteiger partial charge is 0.251 e. The van der Waals surface area contributed by atoms with Crippen molar-refractivity contribution in [2.24, 2.45) is 0 Å². The van der Waals surface area contributed by atoms with Gasteiger partial charge < -0.3 is 5.32 Å². The van der Waals surface area contributed by atoms with E-state index in [0.29, 0.717) is 12.1 Å². The Morgan fingerprint density at radius 3 is 2.13 bits per heavy atom. The molecule has 0 radical (unpaired) electrons. The van der Waals surface area contributed by atoms with Gasteiger partial charge in [0, 0.05) is 31.5 Å². The topological polar surface area (TPSA) is 69.7 Å². The highest BCUT2D eigenvalue weighted by molar-refractivity contribution is 6.01. The maximum atomic E-state index is 12.6. The van der Waals surface area contributed by atoms with E-state index in [1.165, 1.54) is 10.5 Å². The highest BCUT2D eigenvalue weighted by Crippen LogP contribution is 2.17. The summed E-state index contributed by atoms with van der Waals surface area (Å²) in [7, 11) is 0. The van der Waals surface area contributed by atoms with Crippen LogP contribution < -0.4 is 5.32 Å². The molecule has 1 aliphatic rings. The first-order valence-corrected chi connectivity index (χ1v) is 10.5. The van der Waals surface area contributed by atoms with Crippen LogP contribution in [0, 0.1) is 0 Å². The number of nitrogens with zero attached hydrogens (tertiary/aromatic N) is 2. The van der Waals surface area contributed by atoms with Crippen molar-refractivity contribution in [1.29, 1.82) is 0 Å². The maximum absolute atomic E-state index is 12.6. The van der Waals surface area contributed by atoms with Gasteiger partial charge in [0.15, 0.2) is 0 Å². The minimum atomic E-state index is -0.146. The lowest BCUT2D eigenvalue weighted by molar-refractivity contribution is -0.139. The first kappa shape index (κ1) is 21.7. The number of carbonyl (C=O) groups excluding carboxylic acids is 3. The van der Waals surface area contributed by atoms with Gasteiger partial charge >= 0.3 is 0 Å². The van der Waals surface area contributed by atoms with Crippen LogP contribution in [0.1, 0.15) is 53.7 Å². The van der Waals surface area contributed by atoms with Gasteiger partial charge in [-0.3, -0.25) is 24.2 Å². The molecular formula is C24H29N3O3. The molecule has 0 bridgehead atoms. The molecule has 3 rings (SSSR count). The summed E-state index contributed by atoms with van der Waals surface area (Å²) in [5, 5.41) is 3.00. The minimum Gasteiger partial charge on any atom is -0.348 e. The number of rotatable bonds is 9. The maximum Gasteiger partial charge on any atom is 0.251 e. The second kappa shape index (κ2) is 10.2. The number of imide groups is 1. The summed E-state index contributed by atoms with van der Waals surface area (Å²) in [5.74, 6) is -0.414. The Morgan fingerprint density at radius 2 is 1.53 bits per heavy atom. The third-order valence-electron chi connectivity index (χ3n) is 5.56. The van der Waals surface area contributed by atoms with Crippen LogP contribution >= 0.6 is 0 Å². The molecule has 6 nitrogen and oxygen atoms in total. The molecule has 1 fully saturated rings. The van der Waals surface area contributed by atoms with Crippen molar-refractivity contribution in [2.45, 2.75) is 46.3 Å². The van der Waals surface area contributed by atoms with Crippen LogP contribution in [0.5, 0.6) is 0 Å². The predicted octanol–water partition coefficient (Wildman–Crippen LogP) is 3.11. The number of amides is 3. The Hall–Kier alpha value is -2.99. The van der Waals surface area contributed by atoms with E-state index in [1.54, 1.807) is 24.3 Å². The fourth-order valence-electron chi connectivity index (χ4n) is 3.59. The monoisotopic (exact) mass is 407 g/mol. The summed E-state index contributed by atoms with van der Waals surface area (Å²) in [4.78, 5) is 39.7. The van der Waals surface area contributed by atoms with E-state index in [-0.39, 0.29) is 37.1 Å². The Morgan fingerprint density at radius 1 is 0.933 bits per heavy atom. The fourth-order valence-corrected chi connectivity index (χ4v) is 3.59. The molecule has 3 amide bonds. The van der Waals surface area contributed by atoms with E-state index in [9.17, 15) is 14.4 Å². The molecule has 6 heteroatoms. The second-order valence-electron chi connectivity index (χ2n) is 7.48. The van der Waals surface area contributed by atoms with Gasteiger partial charge in [0.1, 0.15) is 0 Å². The number of nitrogens with one attached hydrogen (secondary N) is 1. The first-order chi connectivity index (χ1) is 14.5. The molecule has 158 valence electrons. The van der Waals surface area contributed by atoms with Gasteiger partial charge in [0.05, 0.1) is 6.54 Å². The zero-order valence-corrected chi connectivity index (χ0v) is 17.7. The van der Waals surface area contributed by atoms with Crippen LogP contribution in [0.3, 0.4) is 0 Å². The van der Waals surface area contributed by atoms with E-state index in [2.05, 4.69) is 30.1 Å². The first-order valence-electron chi connectivity index (χ1n) is 10.5. The van der Waals surface area contributed by atoms with Crippen molar-refractivity contribution >= 4 is 17.7 Å². The summed E-state index contributed by atoms with van der Waals surface area (Å²) in [6.45, 7) is 7.85. The van der Waals surface area contributed by atoms with Gasteiger partial charge in [-0.2, -0.15) is 0 Å². The highest BCUT2D eigenvalue weighted by Gasteiger charge is 2.28. The summed E-state index contributed by atoms with van der Waals surface area (Å²) >= 11 is 0. The SMILES string of the molecule is CCN(CC)Cc1ccccc1CNC(=O)c1ccc(CN2C(=O)CCC2=O)cc1. The lowest BCUT2D eigenvalue weighted by atomic mass is 10.1. The van der Waals surface area contributed by atoms with Crippen molar-refractivity contribution in [3.05, 3.63) is 70.8 Å². The third-order valence-corrected chi connectivity index (χ3v) is 5.56. The summed E-state index contributed by atoms with van der Waals surface area (Å²) < 4.78 is 0. The van der Waals surface area contributed by atoms with Crippen LogP contribution in [-0.4, -0.2) is 40.6 Å². The summed E-state index contributed by atoms with van der Waals surface area (Å²) in [6, 6.07) is 15.2. The Balaban J connectivity index is 1.59. The molecule has 0 aliphatic carbocycles. The molecule has 1 N–H and O–H groups in total. The molecular weight excluding hydrogens is 378 g/mol. The lowest BCUT2D eigenvalue weighted by Gasteiger charge is -2.20. The van der Waals surface area contributed by atoms with Crippen LogP contribution in [0.25, 0.3) is 0 Å². The molecule has 0 atom stereocenters. The van der Waals surface area contributed by atoms with Gasteiger partial charge in [-0.1, -0.05) is 50.2 Å². The number of benzene rings is 2. The average molecular weight is 408 g/mol. The number of likely N-dealkylation sites (tertiary alicyclic amines) is 1. The number of carbonyl (C=O) groups is 3. The van der Waals surface area contributed by atoms with Crippen LogP contribution in [0.15, 0.2) is 48.5 Å². The molecule has 2 aromatic rings. The molecule has 30 heavy (non-hydrogen) atoms. The zero-order chi connectivity index (χ0) is 21.5. The molecule has 0 saturated carbocycles. The van der Waals surface area contributed by atoms with Gasteiger partial charge in [-0.05, 0) is 41.9 Å². The Kier molecular flexibility index (Phi) is 7.36. The Labute approximate surface area is 177 Å². The summed E-state index contributed by atoms with van der Waals surface area (Å²) in [5.41, 5.74) is 3.72. The van der Waals surface area contributed by atoms with Crippen molar-refractivity contribution in [1.82, 2.24) is 15.1 Å². The van der Waals surface area contributed by atoms with Crippen molar-refractivity contribution < 1.29 is 14.4 Å². The van der Waals surface area contributed by atoms with Crippen molar-refractivity contribution in [2.75, 3.05) is 13.1 Å². The van der Waals surface area contributed by atoms with E-state index < -0.39 is 0 Å². The molecule has 2 aromatic carbocycles. The lowest BCUT2D eigenvalue weighted by Crippen LogP contribution is -2.28. The molecule has 1 saturated heterocycles. The van der Waals surface area contributed by atoms with Crippen molar-refractivity contribution in [3.8, 4) is 0 Å². The molecule has 0 spiro atoms. The van der Waals surface area contributed by atoms with E-state index in [1.807, 2.05) is 18.2 Å². The molecule has 0 aromatic heterocycles. The largest absolute Gasteiger partial charge is 0.348 e. The van der Waals surface area contributed by atoms with Gasteiger partial charge in [-0.25, -0.2) is 0 Å². The molecule has 1 heterocycles. The number of hydrogen-bond donors (Lipinski definition) is 1. The standard InChI is InChI=1S/C24H29N3O3/c1-3-26(4-2)17-21-8-6-5-7-20(21)15-25-24(30)19-11-9-18(10-12-19)16-27-22(28)13-14-23(27)29/h5-12H,3-4,13-17H2,1-2H3,(H,25,30). The van der Waals surface area contributed by atoms with Gasteiger partial charge in [-0.15, -0.1) is 0 Å². The van der Waals surface area contributed by atoms with Gasteiger partial charge in [0.25, 0.3) is 5.91 Å². The van der Waals surface area contributed by atoms with Crippen molar-refractivity contribution in [3.63, 3.8) is 0 Å². The quantitative estimate of drug-likeness (QED) is 0.649. The van der Waals surface area contributed by atoms with Gasteiger partial charge in [0.2, 0.25) is 11.8 Å². The summed E-state index contributed by atoms with van der Waals surface area (Å²) in [6.07, 6.45) is 0.574. The second-order valence-corrected chi connectivity index (χ2v) is 7.48. The van der Waals surface area contributed by atoms with Crippen LogP contribution in [0.2, 0.25) is 0 Å². The highest BCUT2D eigenvalue weighted by atomic mass is 16.2. The molecule has 1 aliphatic heterocycles. The normalized spacial score (nSPS) is 13.9. The zero-order valence-electron chi connectivity index (χ0n) is 17.7. The Bertz CT molecular complexity index is 888.